The number of hydrogen-bond acceptors (Lipinski definition) is 1. The Morgan fingerprint density at radius 2 is 2.23 bits per heavy atom. The summed E-state index contributed by atoms with van der Waals surface area (Å²) in [6.45, 7) is 12.3. The van der Waals surface area contributed by atoms with Crippen molar-refractivity contribution in [2.75, 3.05) is 6.54 Å². The highest BCUT2D eigenvalue weighted by molar-refractivity contribution is 5.34. The van der Waals surface area contributed by atoms with Gasteiger partial charge in [0.15, 0.2) is 0 Å². The summed E-state index contributed by atoms with van der Waals surface area (Å²) in [5.74, 6) is 0.874. The Morgan fingerprint density at radius 1 is 1.54 bits per heavy atom. The van der Waals surface area contributed by atoms with Crippen LogP contribution in [0, 0.1) is 11.3 Å². The van der Waals surface area contributed by atoms with Gasteiger partial charge in [-0.15, -0.1) is 0 Å². The van der Waals surface area contributed by atoms with Gasteiger partial charge in [-0.25, -0.2) is 0 Å². The van der Waals surface area contributed by atoms with Crippen LogP contribution < -0.4 is 5.32 Å². The van der Waals surface area contributed by atoms with Crippen molar-refractivity contribution >= 4 is 0 Å². The third kappa shape index (κ3) is 1.03. The van der Waals surface area contributed by atoms with E-state index >= 15 is 0 Å². The highest BCUT2D eigenvalue weighted by atomic mass is 15.0. The van der Waals surface area contributed by atoms with E-state index < -0.39 is 0 Å². The summed E-state index contributed by atoms with van der Waals surface area (Å²) in [4.78, 5) is 0. The minimum absolute atomic E-state index is 0.308. The average molecular weight is 179 g/mol. The van der Waals surface area contributed by atoms with Crippen LogP contribution in [0.3, 0.4) is 0 Å². The predicted molar refractivity (Wildman–Crippen MR) is 56.7 cm³/mol. The molecule has 2 unspecified atom stereocenters. The normalized spacial score (nSPS) is 41.5. The first kappa shape index (κ1) is 9.26. The topological polar surface area (TPSA) is 12.0 Å². The molecule has 2 fully saturated rings. The highest BCUT2D eigenvalue weighted by Gasteiger charge is 2.56. The molecule has 2 aliphatic carbocycles. The maximum Gasteiger partial charge on any atom is 0.0399 e. The molecule has 0 spiro atoms. The molecule has 2 aliphatic rings. The van der Waals surface area contributed by atoms with Crippen LogP contribution >= 0.6 is 0 Å². The molecule has 1 N–H and O–H groups in total. The second-order valence-electron chi connectivity index (χ2n) is 5.25. The van der Waals surface area contributed by atoms with E-state index in [1.807, 2.05) is 0 Å². The van der Waals surface area contributed by atoms with Crippen LogP contribution in [0.4, 0.5) is 0 Å². The van der Waals surface area contributed by atoms with Gasteiger partial charge in [-0.1, -0.05) is 32.9 Å². The Hall–Kier alpha value is -0.300. The summed E-state index contributed by atoms with van der Waals surface area (Å²) in [6.07, 6.45) is 4.03. The van der Waals surface area contributed by atoms with Crippen LogP contribution in [-0.2, 0) is 0 Å². The first-order valence-corrected chi connectivity index (χ1v) is 5.48. The van der Waals surface area contributed by atoms with Crippen molar-refractivity contribution in [2.24, 2.45) is 11.3 Å². The van der Waals surface area contributed by atoms with Crippen molar-refractivity contribution in [3.63, 3.8) is 0 Å². The molecule has 0 aliphatic heterocycles. The van der Waals surface area contributed by atoms with Crippen molar-refractivity contribution in [3.05, 3.63) is 12.2 Å². The zero-order valence-corrected chi connectivity index (χ0v) is 9.11. The molecule has 13 heavy (non-hydrogen) atoms. The molecule has 2 rings (SSSR count). The molecule has 0 amide bonds. The van der Waals surface area contributed by atoms with Crippen molar-refractivity contribution in [1.29, 1.82) is 0 Å². The van der Waals surface area contributed by atoms with Crippen LogP contribution in [-0.4, -0.2) is 12.1 Å². The van der Waals surface area contributed by atoms with Gasteiger partial charge in [0.25, 0.3) is 0 Å². The Labute approximate surface area is 81.6 Å². The Morgan fingerprint density at radius 3 is 2.69 bits per heavy atom. The number of nitrogens with one attached hydrogen (secondary N) is 1. The van der Waals surface area contributed by atoms with Gasteiger partial charge in [0, 0.05) is 5.54 Å². The minimum Gasteiger partial charge on any atom is -0.308 e. The maximum atomic E-state index is 4.32. The lowest BCUT2D eigenvalue weighted by Gasteiger charge is -2.38. The molecule has 0 heterocycles. The number of fused-ring (bicyclic) bond motifs is 2. The first-order chi connectivity index (χ1) is 6.03. The van der Waals surface area contributed by atoms with Gasteiger partial charge in [-0.2, -0.15) is 0 Å². The summed E-state index contributed by atoms with van der Waals surface area (Å²) >= 11 is 0. The Bertz CT molecular complexity index is 242. The third-order valence-electron chi connectivity index (χ3n) is 4.41. The fourth-order valence-electron chi connectivity index (χ4n) is 3.40. The lowest BCUT2D eigenvalue weighted by Crippen LogP contribution is -2.45. The van der Waals surface area contributed by atoms with Crippen LogP contribution in [0.5, 0.6) is 0 Å². The molecule has 2 atom stereocenters. The quantitative estimate of drug-likeness (QED) is 0.643. The van der Waals surface area contributed by atoms with Gasteiger partial charge in [0.1, 0.15) is 0 Å². The van der Waals surface area contributed by atoms with E-state index in [9.17, 15) is 0 Å². The molecular weight excluding hydrogens is 158 g/mol. The fraction of sp³-hybridized carbons (Fsp3) is 0.833. The van der Waals surface area contributed by atoms with Gasteiger partial charge in [-0.05, 0) is 37.1 Å². The minimum atomic E-state index is 0.308. The van der Waals surface area contributed by atoms with Gasteiger partial charge in [0.05, 0.1) is 0 Å². The number of likely N-dealkylation sites (N-methyl/N-ethyl adjacent to an activating group) is 1. The number of rotatable bonds is 2. The Balaban J connectivity index is 2.29. The number of hydrogen-bond donors (Lipinski definition) is 1. The van der Waals surface area contributed by atoms with Crippen molar-refractivity contribution in [1.82, 2.24) is 5.32 Å². The molecule has 0 aromatic carbocycles. The van der Waals surface area contributed by atoms with Gasteiger partial charge >= 0.3 is 0 Å². The molecule has 0 radical (unpaired) electrons. The summed E-state index contributed by atoms with van der Waals surface area (Å²) in [5.41, 5.74) is 2.14. The lowest BCUT2D eigenvalue weighted by molar-refractivity contribution is 0.277. The van der Waals surface area contributed by atoms with Crippen molar-refractivity contribution < 1.29 is 0 Å². The molecule has 74 valence electrons. The molecule has 0 saturated heterocycles. The zero-order chi connectivity index (χ0) is 9.69. The van der Waals surface area contributed by atoms with E-state index in [2.05, 4.69) is 32.7 Å². The smallest absolute Gasteiger partial charge is 0.0399 e. The molecular formula is C12H21N. The second kappa shape index (κ2) is 2.60. The molecule has 0 aromatic rings. The SMILES string of the molecule is C=C1C2(NCC)CCC(C2)C1(C)C. The maximum absolute atomic E-state index is 4.32. The van der Waals surface area contributed by atoms with E-state index in [1.54, 1.807) is 0 Å². The molecule has 2 saturated carbocycles. The third-order valence-corrected chi connectivity index (χ3v) is 4.41. The highest BCUT2D eigenvalue weighted by Crippen LogP contribution is 2.60. The van der Waals surface area contributed by atoms with Gasteiger partial charge < -0.3 is 5.32 Å². The van der Waals surface area contributed by atoms with E-state index in [4.69, 9.17) is 0 Å². The fourth-order valence-corrected chi connectivity index (χ4v) is 3.40. The lowest BCUT2D eigenvalue weighted by atomic mass is 9.71. The summed E-state index contributed by atoms with van der Waals surface area (Å²) < 4.78 is 0. The summed E-state index contributed by atoms with van der Waals surface area (Å²) in [7, 11) is 0. The van der Waals surface area contributed by atoms with E-state index in [1.165, 1.54) is 24.8 Å². The second-order valence-corrected chi connectivity index (χ2v) is 5.25. The monoisotopic (exact) mass is 179 g/mol. The van der Waals surface area contributed by atoms with Crippen LogP contribution in [0.2, 0.25) is 0 Å². The van der Waals surface area contributed by atoms with E-state index in [-0.39, 0.29) is 0 Å². The Kier molecular flexibility index (Phi) is 1.85. The first-order valence-electron chi connectivity index (χ1n) is 5.48. The molecule has 0 aromatic heterocycles. The molecule has 1 heteroatoms. The summed E-state index contributed by atoms with van der Waals surface area (Å²) in [5, 5.41) is 3.66. The largest absolute Gasteiger partial charge is 0.308 e. The molecule has 2 bridgehead atoms. The van der Waals surface area contributed by atoms with Crippen LogP contribution in [0.15, 0.2) is 12.2 Å². The van der Waals surface area contributed by atoms with E-state index in [0.29, 0.717) is 11.0 Å². The zero-order valence-electron chi connectivity index (χ0n) is 9.11. The van der Waals surface area contributed by atoms with Crippen molar-refractivity contribution in [2.45, 2.75) is 45.6 Å². The van der Waals surface area contributed by atoms with Crippen LogP contribution in [0.25, 0.3) is 0 Å². The molecule has 1 nitrogen and oxygen atoms in total. The van der Waals surface area contributed by atoms with Gasteiger partial charge in [0.2, 0.25) is 0 Å². The van der Waals surface area contributed by atoms with Gasteiger partial charge in [-0.3, -0.25) is 0 Å². The van der Waals surface area contributed by atoms with Crippen LogP contribution in [0.1, 0.15) is 40.0 Å². The average Bonchev–Trinajstić information content (AvgIpc) is 2.55. The standard InChI is InChI=1S/C12H21N/c1-5-13-12-7-6-10(8-12)11(3,4)9(12)2/h10,13H,2,5-8H2,1,3-4H3. The van der Waals surface area contributed by atoms with Crippen molar-refractivity contribution in [3.8, 4) is 0 Å². The van der Waals surface area contributed by atoms with E-state index in [0.717, 1.165) is 12.5 Å². The summed E-state index contributed by atoms with van der Waals surface area (Å²) in [6, 6.07) is 0. The predicted octanol–water partition coefficient (Wildman–Crippen LogP) is 2.73.